The summed E-state index contributed by atoms with van der Waals surface area (Å²) in [6, 6.07) is 5.45. The van der Waals surface area contributed by atoms with Crippen LogP contribution in [0.4, 0.5) is 0 Å². The van der Waals surface area contributed by atoms with Crippen LogP contribution in [0.3, 0.4) is 0 Å². The summed E-state index contributed by atoms with van der Waals surface area (Å²) in [7, 11) is 4.36. The van der Waals surface area contributed by atoms with Gasteiger partial charge in [0, 0.05) is 11.3 Å². The van der Waals surface area contributed by atoms with E-state index in [2.05, 4.69) is 0 Å². The molecule has 1 aliphatic carbocycles. The van der Waals surface area contributed by atoms with Crippen molar-refractivity contribution in [3.05, 3.63) is 35.0 Å². The van der Waals surface area contributed by atoms with Crippen molar-refractivity contribution >= 4 is 5.97 Å². The summed E-state index contributed by atoms with van der Waals surface area (Å²) in [5.74, 6) is -0.316. The van der Waals surface area contributed by atoms with Gasteiger partial charge in [-0.1, -0.05) is 6.07 Å². The number of carboxylic acids is 1. The zero-order chi connectivity index (χ0) is 17.3. The third-order valence-corrected chi connectivity index (χ3v) is 4.24. The van der Waals surface area contributed by atoms with Crippen LogP contribution in [-0.4, -0.2) is 37.4 Å². The fourth-order valence-corrected chi connectivity index (χ4v) is 3.13. The van der Waals surface area contributed by atoms with Crippen molar-refractivity contribution in [1.29, 1.82) is 0 Å². The first kappa shape index (κ1) is 16.1. The van der Waals surface area contributed by atoms with Crippen molar-refractivity contribution in [2.45, 2.75) is 19.3 Å². The van der Waals surface area contributed by atoms with Crippen LogP contribution in [0, 0.1) is 0 Å². The van der Waals surface area contributed by atoms with Crippen molar-refractivity contribution in [3.8, 4) is 28.5 Å². The lowest BCUT2D eigenvalue weighted by molar-refractivity contribution is 0.0692. The van der Waals surface area contributed by atoms with E-state index in [1.807, 2.05) is 12.1 Å². The number of fused-ring (bicyclic) bond motifs is 1. The number of aromatic nitrogens is 1. The van der Waals surface area contributed by atoms with Crippen LogP contribution in [0.1, 0.15) is 28.0 Å². The first-order valence-corrected chi connectivity index (χ1v) is 7.66. The summed E-state index contributed by atoms with van der Waals surface area (Å²) in [6.45, 7) is 0. The average Bonchev–Trinajstić information content (AvgIpc) is 3.06. The molecule has 0 unspecified atom stereocenters. The molecule has 0 atom stereocenters. The summed E-state index contributed by atoms with van der Waals surface area (Å²) in [6.07, 6.45) is 3.06. The molecule has 1 aromatic heterocycles. The van der Waals surface area contributed by atoms with Crippen molar-refractivity contribution in [2.75, 3.05) is 21.3 Å². The van der Waals surface area contributed by atoms with Gasteiger partial charge in [-0.3, -0.25) is 4.98 Å². The largest absolute Gasteiger partial charge is 0.492 e. The molecule has 0 saturated carbocycles. The highest BCUT2D eigenvalue weighted by Gasteiger charge is 2.26. The van der Waals surface area contributed by atoms with Gasteiger partial charge < -0.3 is 19.3 Å². The number of methoxy groups -OCH3 is 3. The van der Waals surface area contributed by atoms with Crippen LogP contribution in [0.25, 0.3) is 11.3 Å². The zero-order valence-electron chi connectivity index (χ0n) is 13.9. The monoisotopic (exact) mass is 329 g/mol. The molecule has 6 heteroatoms. The molecule has 0 fully saturated rings. The molecule has 0 bridgehead atoms. The molecule has 0 radical (unpaired) electrons. The van der Waals surface area contributed by atoms with E-state index >= 15 is 0 Å². The van der Waals surface area contributed by atoms with E-state index in [1.54, 1.807) is 0 Å². The maximum Gasteiger partial charge on any atom is 0.339 e. The van der Waals surface area contributed by atoms with Gasteiger partial charge in [-0.05, 0) is 37.0 Å². The van der Waals surface area contributed by atoms with Gasteiger partial charge in [0.1, 0.15) is 5.56 Å². The second-order valence-electron chi connectivity index (χ2n) is 5.53. The first-order valence-electron chi connectivity index (χ1n) is 7.66. The van der Waals surface area contributed by atoms with Crippen LogP contribution >= 0.6 is 0 Å². The van der Waals surface area contributed by atoms with E-state index in [9.17, 15) is 9.90 Å². The van der Waals surface area contributed by atoms with Crippen molar-refractivity contribution in [3.63, 3.8) is 0 Å². The standard InChI is InChI=1S/C18H19NO5/c1-22-15-11(14-8-7-10-5-4-6-13(10)19-14)9-12(18(20)21)16(23-2)17(15)24-3/h7-9H,4-6H2,1-3H3,(H,20,21). The van der Waals surface area contributed by atoms with Crippen LogP contribution in [0.2, 0.25) is 0 Å². The van der Waals surface area contributed by atoms with Gasteiger partial charge in [-0.2, -0.15) is 0 Å². The zero-order valence-corrected chi connectivity index (χ0v) is 13.9. The van der Waals surface area contributed by atoms with Gasteiger partial charge in [0.15, 0.2) is 11.5 Å². The third kappa shape index (κ3) is 2.54. The number of hydrogen-bond donors (Lipinski definition) is 1. The normalized spacial score (nSPS) is 12.6. The van der Waals surface area contributed by atoms with Crippen molar-refractivity contribution in [1.82, 2.24) is 4.98 Å². The van der Waals surface area contributed by atoms with E-state index in [1.165, 1.54) is 33.0 Å². The predicted octanol–water partition coefficient (Wildman–Crippen LogP) is 2.96. The molecule has 0 spiro atoms. The Bertz CT molecular complexity index is 800. The smallest absolute Gasteiger partial charge is 0.339 e. The Morgan fingerprint density at radius 2 is 1.75 bits per heavy atom. The Balaban J connectivity index is 2.26. The van der Waals surface area contributed by atoms with Gasteiger partial charge in [0.2, 0.25) is 5.75 Å². The molecular weight excluding hydrogens is 310 g/mol. The molecule has 1 aliphatic rings. The van der Waals surface area contributed by atoms with E-state index in [0.29, 0.717) is 17.0 Å². The van der Waals surface area contributed by atoms with E-state index in [0.717, 1.165) is 25.0 Å². The molecule has 126 valence electrons. The second-order valence-corrected chi connectivity index (χ2v) is 5.53. The molecule has 1 heterocycles. The number of benzene rings is 1. The average molecular weight is 329 g/mol. The number of carbonyl (C=O) groups is 1. The van der Waals surface area contributed by atoms with Crippen molar-refractivity contribution in [2.24, 2.45) is 0 Å². The Hall–Kier alpha value is -2.76. The highest BCUT2D eigenvalue weighted by atomic mass is 16.5. The van der Waals surface area contributed by atoms with Crippen molar-refractivity contribution < 1.29 is 24.1 Å². The lowest BCUT2D eigenvalue weighted by Gasteiger charge is -2.18. The fourth-order valence-electron chi connectivity index (χ4n) is 3.13. The highest BCUT2D eigenvalue weighted by molar-refractivity contribution is 5.95. The minimum atomic E-state index is -1.10. The van der Waals surface area contributed by atoms with Crippen LogP contribution in [0.5, 0.6) is 17.2 Å². The topological polar surface area (TPSA) is 77.9 Å². The minimum absolute atomic E-state index is 0.00690. The van der Waals surface area contributed by atoms with Crippen LogP contribution in [-0.2, 0) is 12.8 Å². The lowest BCUT2D eigenvalue weighted by Crippen LogP contribution is -2.06. The predicted molar refractivity (Wildman–Crippen MR) is 88.3 cm³/mol. The second kappa shape index (κ2) is 6.39. The molecule has 0 saturated heterocycles. The highest BCUT2D eigenvalue weighted by Crippen LogP contribution is 2.46. The van der Waals surface area contributed by atoms with Crippen LogP contribution in [0.15, 0.2) is 18.2 Å². The minimum Gasteiger partial charge on any atom is -0.492 e. The number of nitrogens with zero attached hydrogens (tertiary/aromatic N) is 1. The molecule has 2 aromatic rings. The summed E-state index contributed by atoms with van der Waals surface area (Å²) in [5.41, 5.74) is 3.54. The lowest BCUT2D eigenvalue weighted by atomic mass is 10.0. The van der Waals surface area contributed by atoms with E-state index < -0.39 is 5.97 Å². The molecular formula is C18H19NO5. The van der Waals surface area contributed by atoms with Gasteiger partial charge in [-0.25, -0.2) is 4.79 Å². The Morgan fingerprint density at radius 3 is 2.38 bits per heavy atom. The van der Waals surface area contributed by atoms with Gasteiger partial charge in [-0.15, -0.1) is 0 Å². The first-order chi connectivity index (χ1) is 11.6. The molecule has 3 rings (SSSR count). The summed E-state index contributed by atoms with van der Waals surface area (Å²) in [4.78, 5) is 16.3. The van der Waals surface area contributed by atoms with Crippen LogP contribution < -0.4 is 14.2 Å². The maximum absolute atomic E-state index is 11.6. The Kier molecular flexibility index (Phi) is 4.29. The number of carboxylic acid groups (broad SMARTS) is 1. The Morgan fingerprint density at radius 1 is 1.04 bits per heavy atom. The van der Waals surface area contributed by atoms with E-state index in [4.69, 9.17) is 19.2 Å². The third-order valence-electron chi connectivity index (χ3n) is 4.24. The molecule has 1 N–H and O–H groups in total. The van der Waals surface area contributed by atoms with Gasteiger partial charge in [0.05, 0.1) is 27.0 Å². The number of rotatable bonds is 5. The summed E-state index contributed by atoms with van der Waals surface area (Å²) < 4.78 is 16.1. The number of aryl methyl sites for hydroxylation is 2. The molecule has 0 amide bonds. The number of aromatic carboxylic acids is 1. The summed E-state index contributed by atoms with van der Waals surface area (Å²) in [5, 5.41) is 9.51. The molecule has 1 aromatic carbocycles. The molecule has 0 aliphatic heterocycles. The van der Waals surface area contributed by atoms with Gasteiger partial charge in [0.25, 0.3) is 0 Å². The van der Waals surface area contributed by atoms with Gasteiger partial charge >= 0.3 is 5.97 Å². The fraction of sp³-hybridized carbons (Fsp3) is 0.333. The number of ether oxygens (including phenoxy) is 3. The summed E-state index contributed by atoms with van der Waals surface area (Å²) >= 11 is 0. The quantitative estimate of drug-likeness (QED) is 0.908. The number of hydrogen-bond acceptors (Lipinski definition) is 5. The molecule has 6 nitrogen and oxygen atoms in total. The maximum atomic E-state index is 11.6. The number of pyridine rings is 1. The SMILES string of the molecule is COc1c(C(=O)O)cc(-c2ccc3c(n2)CCC3)c(OC)c1OC. The van der Waals surface area contributed by atoms with E-state index in [-0.39, 0.29) is 17.1 Å². The molecule has 24 heavy (non-hydrogen) atoms. The Labute approximate surface area is 140 Å².